The molecular weight excluding hydrogens is 384 g/mol. The van der Waals surface area contributed by atoms with Gasteiger partial charge in [0.1, 0.15) is 11.5 Å². The number of amides is 1. The van der Waals surface area contributed by atoms with Gasteiger partial charge in [-0.3, -0.25) is 14.6 Å². The third-order valence-corrected chi connectivity index (χ3v) is 5.33. The number of hydrazone groups is 1. The van der Waals surface area contributed by atoms with Crippen molar-refractivity contribution in [2.24, 2.45) is 10.9 Å². The van der Waals surface area contributed by atoms with Crippen molar-refractivity contribution in [1.82, 2.24) is 4.90 Å². The van der Waals surface area contributed by atoms with Crippen molar-refractivity contribution in [3.05, 3.63) is 52.6 Å². The summed E-state index contributed by atoms with van der Waals surface area (Å²) < 4.78 is 5.16. The molecule has 1 heterocycles. The van der Waals surface area contributed by atoms with E-state index in [9.17, 15) is 15.0 Å². The van der Waals surface area contributed by atoms with Crippen LogP contribution >= 0.6 is 0 Å². The van der Waals surface area contributed by atoms with E-state index in [2.05, 4.69) is 10.0 Å². The number of rotatable bonds is 7. The lowest BCUT2D eigenvalue weighted by Crippen LogP contribution is -2.31. The maximum atomic E-state index is 12.0. The number of phenolic OH excluding ortho intramolecular Hbond substituents is 2. The van der Waals surface area contributed by atoms with Crippen molar-refractivity contribution in [3.8, 4) is 11.5 Å². The summed E-state index contributed by atoms with van der Waals surface area (Å²) in [5.41, 5.74) is 3.80. The molecule has 0 radical (unpaired) electrons. The van der Waals surface area contributed by atoms with E-state index >= 15 is 0 Å². The van der Waals surface area contributed by atoms with Crippen LogP contribution in [-0.2, 0) is 22.6 Å². The minimum atomic E-state index is -0.208. The number of amidine groups is 1. The second kappa shape index (κ2) is 9.15. The summed E-state index contributed by atoms with van der Waals surface area (Å²) in [5, 5.41) is 24.3. The molecule has 8 nitrogen and oxygen atoms in total. The van der Waals surface area contributed by atoms with E-state index in [1.165, 1.54) is 16.5 Å². The van der Waals surface area contributed by atoms with Gasteiger partial charge in [-0.05, 0) is 40.8 Å². The van der Waals surface area contributed by atoms with Gasteiger partial charge in [-0.25, -0.2) is 0 Å². The Morgan fingerprint density at radius 3 is 2.60 bits per heavy atom. The summed E-state index contributed by atoms with van der Waals surface area (Å²) in [6, 6.07) is 8.60. The highest BCUT2D eigenvalue weighted by Gasteiger charge is 2.24. The van der Waals surface area contributed by atoms with Crippen LogP contribution in [0.15, 0.2) is 35.4 Å². The van der Waals surface area contributed by atoms with E-state index in [0.717, 1.165) is 25.2 Å². The van der Waals surface area contributed by atoms with Crippen LogP contribution < -0.4 is 10.7 Å². The van der Waals surface area contributed by atoms with Crippen LogP contribution in [0.4, 0.5) is 5.69 Å². The van der Waals surface area contributed by atoms with Crippen molar-refractivity contribution in [1.29, 1.82) is 0 Å². The van der Waals surface area contributed by atoms with Crippen LogP contribution in [0.25, 0.3) is 0 Å². The first-order valence-electron chi connectivity index (χ1n) is 9.81. The molecule has 1 amide bonds. The summed E-state index contributed by atoms with van der Waals surface area (Å²) in [5.74, 6) is 5.51. The zero-order valence-corrected chi connectivity index (χ0v) is 17.5. The molecular formula is C22H28N4O4. The number of aromatic hydroxyl groups is 2. The molecule has 8 heteroatoms. The van der Waals surface area contributed by atoms with Gasteiger partial charge in [0, 0.05) is 32.8 Å². The van der Waals surface area contributed by atoms with Crippen LogP contribution in [0.1, 0.15) is 42.0 Å². The monoisotopic (exact) mass is 412 g/mol. The predicted molar refractivity (Wildman–Crippen MR) is 116 cm³/mol. The number of hydrogen-bond donors (Lipinski definition) is 3. The molecule has 0 atom stereocenters. The van der Waals surface area contributed by atoms with Gasteiger partial charge < -0.3 is 20.8 Å². The highest BCUT2D eigenvalue weighted by atomic mass is 16.5. The van der Waals surface area contributed by atoms with Crippen molar-refractivity contribution in [2.45, 2.75) is 32.9 Å². The van der Waals surface area contributed by atoms with Crippen LogP contribution in [0.5, 0.6) is 11.5 Å². The number of nitrogens with zero attached hydrogens (tertiary/aromatic N) is 3. The van der Waals surface area contributed by atoms with Gasteiger partial charge in [-0.15, -0.1) is 0 Å². The Morgan fingerprint density at radius 2 is 1.97 bits per heavy atom. The number of benzene rings is 2. The molecule has 160 valence electrons. The van der Waals surface area contributed by atoms with Gasteiger partial charge >= 0.3 is 0 Å². The molecule has 0 saturated heterocycles. The summed E-state index contributed by atoms with van der Waals surface area (Å²) in [7, 11) is 1.68. The number of phenols is 2. The van der Waals surface area contributed by atoms with Crippen molar-refractivity contribution < 1.29 is 19.7 Å². The third-order valence-electron chi connectivity index (χ3n) is 5.33. The van der Waals surface area contributed by atoms with Gasteiger partial charge in [0.2, 0.25) is 6.41 Å². The molecule has 0 aliphatic carbocycles. The Labute approximate surface area is 176 Å². The number of fused-ring (bicyclic) bond motifs is 1. The molecule has 0 bridgehead atoms. The van der Waals surface area contributed by atoms with Crippen LogP contribution in [-0.4, -0.2) is 47.6 Å². The quantitative estimate of drug-likeness (QED) is 0.212. The molecule has 3 rings (SSSR count). The Hall–Kier alpha value is -3.10. The Morgan fingerprint density at radius 1 is 1.23 bits per heavy atom. The smallest absolute Gasteiger partial charge is 0.219 e. The van der Waals surface area contributed by atoms with Gasteiger partial charge in [-0.2, -0.15) is 5.10 Å². The number of methoxy groups -OCH3 is 1. The normalized spacial score (nSPS) is 14.2. The van der Waals surface area contributed by atoms with Crippen molar-refractivity contribution in [3.63, 3.8) is 0 Å². The summed E-state index contributed by atoms with van der Waals surface area (Å²) in [4.78, 5) is 15.6. The molecule has 0 spiro atoms. The lowest BCUT2D eigenvalue weighted by Gasteiger charge is -2.22. The molecule has 0 unspecified atom stereocenters. The molecule has 4 N–H and O–H groups in total. The highest BCUT2D eigenvalue weighted by molar-refractivity contribution is 6.19. The van der Waals surface area contributed by atoms with Gasteiger partial charge in [0.25, 0.3) is 0 Å². The Bertz CT molecular complexity index is 958. The maximum Gasteiger partial charge on any atom is 0.219 e. The van der Waals surface area contributed by atoms with E-state index in [1.54, 1.807) is 13.2 Å². The molecule has 0 fully saturated rings. The van der Waals surface area contributed by atoms with E-state index < -0.39 is 0 Å². The number of ether oxygens (including phenoxy) is 1. The molecule has 0 saturated carbocycles. The summed E-state index contributed by atoms with van der Waals surface area (Å²) in [6.07, 6.45) is 0.617. The first-order valence-corrected chi connectivity index (χ1v) is 9.81. The number of carbonyl (C=O) groups is 1. The third kappa shape index (κ3) is 4.24. The van der Waals surface area contributed by atoms with E-state index in [1.807, 2.05) is 32.0 Å². The van der Waals surface area contributed by atoms with Crippen LogP contribution in [0.2, 0.25) is 0 Å². The van der Waals surface area contributed by atoms with Gasteiger partial charge in [0.05, 0.1) is 17.9 Å². The fourth-order valence-electron chi connectivity index (χ4n) is 3.71. The molecule has 1 aliphatic rings. The SMILES string of the molecule is COCCN1Cc2ccc(N(C=O)/C(=N\N)c3cc(C(C)C)c(O)cc3O)cc2C1. The number of anilines is 1. The van der Waals surface area contributed by atoms with Crippen LogP contribution in [0.3, 0.4) is 0 Å². The molecule has 1 aliphatic heterocycles. The van der Waals surface area contributed by atoms with E-state index in [0.29, 0.717) is 24.3 Å². The number of nitrogens with two attached hydrogens (primary N) is 1. The molecule has 2 aromatic rings. The average Bonchev–Trinajstić information content (AvgIpc) is 3.12. The molecule has 0 aromatic heterocycles. The topological polar surface area (TPSA) is 112 Å². The minimum absolute atomic E-state index is 0.00568. The van der Waals surface area contributed by atoms with Crippen LogP contribution in [0, 0.1) is 0 Å². The van der Waals surface area contributed by atoms with Crippen molar-refractivity contribution >= 4 is 17.9 Å². The Balaban J connectivity index is 1.95. The first-order chi connectivity index (χ1) is 14.4. The van der Waals surface area contributed by atoms with Crippen molar-refractivity contribution in [2.75, 3.05) is 25.2 Å². The summed E-state index contributed by atoms with van der Waals surface area (Å²) in [6.45, 7) is 6.91. The van der Waals surface area contributed by atoms with E-state index in [4.69, 9.17) is 10.6 Å². The average molecular weight is 412 g/mol. The second-order valence-electron chi connectivity index (χ2n) is 7.67. The predicted octanol–water partition coefficient (Wildman–Crippen LogP) is 2.47. The zero-order chi connectivity index (χ0) is 21.8. The fourth-order valence-corrected chi connectivity index (χ4v) is 3.71. The maximum absolute atomic E-state index is 12.0. The molecule has 30 heavy (non-hydrogen) atoms. The molecule has 2 aromatic carbocycles. The number of carbonyl (C=O) groups excluding carboxylic acids is 1. The summed E-state index contributed by atoms with van der Waals surface area (Å²) >= 11 is 0. The van der Waals surface area contributed by atoms with Gasteiger partial charge in [0.15, 0.2) is 5.84 Å². The van der Waals surface area contributed by atoms with Gasteiger partial charge in [-0.1, -0.05) is 19.9 Å². The fraction of sp³-hybridized carbons (Fsp3) is 0.364. The Kier molecular flexibility index (Phi) is 6.59. The zero-order valence-electron chi connectivity index (χ0n) is 17.5. The lowest BCUT2D eigenvalue weighted by atomic mass is 9.98. The first kappa shape index (κ1) is 21.6. The highest BCUT2D eigenvalue weighted by Crippen LogP contribution is 2.34. The largest absolute Gasteiger partial charge is 0.508 e. The minimum Gasteiger partial charge on any atom is -0.508 e. The lowest BCUT2D eigenvalue weighted by molar-refractivity contribution is -0.106. The number of hydrogen-bond acceptors (Lipinski definition) is 7. The van der Waals surface area contributed by atoms with E-state index in [-0.39, 0.29) is 28.8 Å². The second-order valence-corrected chi connectivity index (χ2v) is 7.67. The standard InChI is InChI=1S/C22H28N4O4/c1-14(2)18-9-19(21(29)10-20(18)28)22(24-23)26(13-27)17-5-4-15-11-25(6-7-30-3)12-16(15)8-17/h4-5,8-10,13-14,28-29H,6-7,11-12,23H2,1-3H3/b24-22-.